The highest BCUT2D eigenvalue weighted by Gasteiger charge is 2.51. The van der Waals surface area contributed by atoms with Crippen molar-refractivity contribution in [3.8, 4) is 0 Å². The first-order chi connectivity index (χ1) is 33.1. The second-order valence-electron chi connectivity index (χ2n) is 16.3. The fraction of sp³-hybridized carbons (Fsp3) is 0.609. The minimum absolute atomic E-state index is 0. The van der Waals surface area contributed by atoms with Crippen molar-refractivity contribution < 1.29 is 46.4 Å². The molecule has 25 heteroatoms. The smallest absolute Gasteiger partial charge is 0.396 e. The van der Waals surface area contributed by atoms with Crippen molar-refractivity contribution in [1.82, 2.24) is 43.7 Å². The van der Waals surface area contributed by atoms with Crippen LogP contribution in [0.4, 0.5) is 14.6 Å². The third-order valence-corrected chi connectivity index (χ3v) is 13.3. The van der Waals surface area contributed by atoms with E-state index in [2.05, 4.69) is 58.6 Å². The molecule has 0 bridgehead atoms. The zero-order valence-electron chi connectivity index (χ0n) is 40.1. The van der Waals surface area contributed by atoms with Gasteiger partial charge in [-0.1, -0.05) is 73.6 Å². The fourth-order valence-corrected chi connectivity index (χ4v) is 9.73. The van der Waals surface area contributed by atoms with Gasteiger partial charge in [0.25, 0.3) is 20.0 Å². The Morgan fingerprint density at radius 2 is 1.62 bits per heavy atom. The van der Waals surface area contributed by atoms with Crippen LogP contribution in [0.1, 0.15) is 119 Å². The van der Waals surface area contributed by atoms with Crippen molar-refractivity contribution in [1.29, 1.82) is 0 Å². The summed E-state index contributed by atoms with van der Waals surface area (Å²) in [6, 6.07) is 8.20. The Bertz CT molecular complexity index is 2450. The van der Waals surface area contributed by atoms with Gasteiger partial charge in [-0.3, -0.25) is 14.2 Å². The molecule has 1 aliphatic heterocycles. The molecule has 21 nitrogen and oxygen atoms in total. The van der Waals surface area contributed by atoms with Crippen LogP contribution >= 0.6 is 16.8 Å². The number of nitrogens with zero attached hydrogens (tertiary/aromatic N) is 9. The lowest BCUT2D eigenvalue weighted by Gasteiger charge is -2.37. The second-order valence-corrected chi connectivity index (χ2v) is 18.4. The van der Waals surface area contributed by atoms with Crippen molar-refractivity contribution in [2.45, 2.75) is 151 Å². The Labute approximate surface area is 417 Å². The molecule has 1 saturated heterocycles. The van der Waals surface area contributed by atoms with E-state index in [4.69, 9.17) is 35.5 Å². The monoisotopic (exact) mass is 1040 g/mol. The summed E-state index contributed by atoms with van der Waals surface area (Å²) < 4.78 is 69.8. The first-order valence-corrected chi connectivity index (χ1v) is 25.1. The Morgan fingerprint density at radius 1 is 1.00 bits per heavy atom. The Balaban J connectivity index is 0.000000468. The van der Waals surface area contributed by atoms with E-state index in [0.29, 0.717) is 23.1 Å². The normalized spacial score (nSPS) is 22.0. The van der Waals surface area contributed by atoms with E-state index in [0.717, 1.165) is 6.54 Å². The predicted octanol–water partition coefficient (Wildman–Crippen LogP) is 8.48. The second kappa shape index (κ2) is 30.9. The van der Waals surface area contributed by atoms with Crippen molar-refractivity contribution in [2.24, 2.45) is 11.7 Å². The van der Waals surface area contributed by atoms with Crippen LogP contribution in [0.3, 0.4) is 0 Å². The van der Waals surface area contributed by atoms with Crippen LogP contribution in [-0.2, 0) is 22.9 Å². The number of aromatic nitrogens is 8. The van der Waals surface area contributed by atoms with Crippen LogP contribution in [0.2, 0.25) is 0 Å². The van der Waals surface area contributed by atoms with Gasteiger partial charge in [-0.05, 0) is 59.2 Å². The predicted molar refractivity (Wildman–Crippen MR) is 271 cm³/mol. The number of nitrogens with one attached hydrogen (secondary N) is 2. The molecule has 0 radical (unpaired) electrons. The zero-order valence-corrected chi connectivity index (χ0v) is 41.9. The average molecular weight is 1040 g/mol. The van der Waals surface area contributed by atoms with Crippen molar-refractivity contribution in [2.75, 3.05) is 31.6 Å². The number of imidazole rings is 2. The van der Waals surface area contributed by atoms with E-state index >= 15 is 4.39 Å². The molecule has 2 fully saturated rings. The summed E-state index contributed by atoms with van der Waals surface area (Å²) in [5, 5.41) is 12.0. The van der Waals surface area contributed by atoms with Gasteiger partial charge in [0.2, 0.25) is 6.54 Å². The van der Waals surface area contributed by atoms with Crippen LogP contribution < -0.4 is 16.6 Å². The molecule has 1 saturated carbocycles. The molecule has 5 aromatic rings. The fourth-order valence-electron chi connectivity index (χ4n) is 7.51. The van der Waals surface area contributed by atoms with Crippen LogP contribution in [0, 0.1) is 12.5 Å². The number of carbonyl (C=O) groups excluding carboxylic acids is 1. The van der Waals surface area contributed by atoms with Gasteiger partial charge in [0.1, 0.15) is 25.2 Å². The highest BCUT2D eigenvalue weighted by Crippen LogP contribution is 2.51. The number of amides is 1. The number of unbranched alkanes of at least 4 members (excludes halogenated alkanes) is 1. The van der Waals surface area contributed by atoms with Crippen LogP contribution in [0.5, 0.6) is 0 Å². The quantitative estimate of drug-likeness (QED) is 0.0332. The number of ether oxygens (including phenoxy) is 1. The molecule has 1 aliphatic carbocycles. The molecule has 1 aromatic carbocycles. The van der Waals surface area contributed by atoms with E-state index in [9.17, 15) is 23.7 Å². The van der Waals surface area contributed by atoms with Gasteiger partial charge in [-0.25, -0.2) is 44.9 Å². The third kappa shape index (κ3) is 16.1. The molecular formula is C46H73F2N12O9P2+. The number of rotatable bonds is 17. The van der Waals surface area contributed by atoms with Crippen molar-refractivity contribution >= 4 is 50.8 Å². The molecule has 0 spiro atoms. The summed E-state index contributed by atoms with van der Waals surface area (Å²) in [5.74, 6) is -0.863. The number of hydrogen-bond acceptors (Lipinski definition) is 15. The Kier molecular flexibility index (Phi) is 27.1. The SMILES string of the molecule is C.C.CCCC.CCN.O=c1[nH]cnc2c1ncn2[C@@H]1C[C@H](CO)[C@@H](F)[C@H]1O[P+](=O)O.[C-]#[N+]CCOP(O[C@H]1[C@@H](F)[C@H](n2cnc3c(NC(=O)c4ccccc4)ncnc32)O[C@@H]1CC)N(C(C)C)C(C)C. The maximum absolute atomic E-state index is 16.2. The highest BCUT2D eigenvalue weighted by atomic mass is 31.2. The highest BCUT2D eigenvalue weighted by molar-refractivity contribution is 7.44. The van der Waals surface area contributed by atoms with E-state index in [1.807, 2.05) is 47.6 Å². The summed E-state index contributed by atoms with van der Waals surface area (Å²) in [6.07, 6.45) is 1.63. The number of nitrogens with two attached hydrogens (primary N) is 1. The van der Waals surface area contributed by atoms with Gasteiger partial charge in [-0.15, -0.1) is 9.42 Å². The number of aliphatic hydroxyl groups excluding tert-OH is 1. The summed E-state index contributed by atoms with van der Waals surface area (Å²) >= 11 is 0. The Morgan fingerprint density at radius 3 is 2.20 bits per heavy atom. The van der Waals surface area contributed by atoms with E-state index in [1.165, 1.54) is 47.3 Å². The molecule has 7 rings (SSSR count). The average Bonchev–Trinajstić information content (AvgIpc) is 4.11. The maximum atomic E-state index is 16.2. The molecule has 1 amide bonds. The summed E-state index contributed by atoms with van der Waals surface area (Å²) in [5.41, 5.74) is 5.81. The minimum Gasteiger partial charge on any atom is -0.396 e. The first kappa shape index (κ1) is 62.3. The van der Waals surface area contributed by atoms with Gasteiger partial charge in [0.05, 0.1) is 31.1 Å². The van der Waals surface area contributed by atoms with Gasteiger partial charge in [-0.2, -0.15) is 0 Å². The Hall–Kier alpha value is -4.85. The molecule has 4 aromatic heterocycles. The summed E-state index contributed by atoms with van der Waals surface area (Å²) in [6.45, 7) is 24.1. The number of H-pyrrole nitrogens is 1. The lowest BCUT2D eigenvalue weighted by atomic mass is 10.1. The molecule has 6 N–H and O–H groups in total. The molecule has 394 valence electrons. The molecule has 5 heterocycles. The largest absolute Gasteiger partial charge is 0.695 e. The number of halogens is 2. The maximum Gasteiger partial charge on any atom is 0.695 e. The third-order valence-electron chi connectivity index (χ3n) is 10.8. The number of aromatic amines is 1. The number of aliphatic hydroxyl groups is 1. The molecule has 71 heavy (non-hydrogen) atoms. The van der Waals surface area contributed by atoms with Gasteiger partial charge >= 0.3 is 8.25 Å². The lowest BCUT2D eigenvalue weighted by Crippen LogP contribution is -2.38. The number of carbonyl (C=O) groups is 1. The summed E-state index contributed by atoms with van der Waals surface area (Å²) in [7, 11) is -4.67. The zero-order chi connectivity index (χ0) is 50.8. The number of alkyl halides is 2. The van der Waals surface area contributed by atoms with Crippen LogP contribution in [0.15, 0.2) is 60.4 Å². The number of benzene rings is 1. The molecule has 10 atom stereocenters. The van der Waals surface area contributed by atoms with E-state index in [-0.39, 0.29) is 69.4 Å². The molecular weight excluding hydrogens is 965 g/mol. The topological polar surface area (TPSA) is 264 Å². The van der Waals surface area contributed by atoms with Crippen molar-refractivity contribution in [3.05, 3.63) is 83.0 Å². The van der Waals surface area contributed by atoms with E-state index in [1.54, 1.807) is 24.3 Å². The van der Waals surface area contributed by atoms with Gasteiger partial charge in [0, 0.05) is 34.7 Å². The standard InChI is InChI=1S/C27H35FN7O4P.C11H12FN4O5P.C4H10.C2H7N.2CH4/c1-7-20-23(39-40(37-14-13-29-6)35(17(2)3)18(4)5)21(28)27(38-20)34-16-32-22-24(30-15-31-25(22)34)33-26(36)19-11-9-8-10-12-19;12-7-5(2-17)1-6(9(7)21-22(19)20)16-4-15-8-10(16)13-3-14-11(8)18;1-3-4-2;1-2-3;;/h8-12,15-18,20-21,23,27H,7,13-14H2,1-5H3,(H,30,31,33,36);3-7,9,17H,1-2H2,(H-,13,14,18,19,20);3-4H2,1-2H3;2-3H2,1H3;2*1H4/p+1/t20-,21-,23-,27-,40?;5-,6-,7-,9+;;;;/m11..../s1. The van der Waals surface area contributed by atoms with Gasteiger partial charge < -0.3 is 44.3 Å². The van der Waals surface area contributed by atoms with Crippen LogP contribution in [-0.4, -0.2) is 129 Å². The molecule has 2 unspecified atom stereocenters. The summed E-state index contributed by atoms with van der Waals surface area (Å²) in [4.78, 5) is 59.8. The number of anilines is 1. The van der Waals surface area contributed by atoms with Crippen LogP contribution in [0.25, 0.3) is 27.2 Å². The number of hydrogen-bond donors (Lipinski definition) is 5. The minimum atomic E-state index is -3.01. The van der Waals surface area contributed by atoms with E-state index < -0.39 is 77.8 Å². The molecule has 2 aliphatic rings. The van der Waals surface area contributed by atoms with Crippen molar-refractivity contribution in [3.63, 3.8) is 0 Å². The van der Waals surface area contributed by atoms with Gasteiger partial charge in [0.15, 0.2) is 46.6 Å². The number of fused-ring (bicyclic) bond motifs is 2. The lowest BCUT2D eigenvalue weighted by molar-refractivity contribution is -0.0230. The first-order valence-electron chi connectivity index (χ1n) is 22.8.